The lowest BCUT2D eigenvalue weighted by Gasteiger charge is -2.13. The van der Waals surface area contributed by atoms with E-state index in [0.717, 1.165) is 6.42 Å². The first kappa shape index (κ1) is 11.2. The third-order valence-electron chi connectivity index (χ3n) is 2.01. The van der Waals surface area contributed by atoms with E-state index in [4.69, 9.17) is 5.73 Å². The molecule has 2 unspecified atom stereocenters. The van der Waals surface area contributed by atoms with Crippen molar-refractivity contribution in [3.05, 3.63) is 35.9 Å². The van der Waals surface area contributed by atoms with E-state index in [1.165, 1.54) is 5.56 Å². The highest BCUT2D eigenvalue weighted by molar-refractivity contribution is 7.13. The molecular formula is C10H15N2OP. The summed E-state index contributed by atoms with van der Waals surface area (Å²) in [6, 6.07) is 10.1. The molecule has 4 heteroatoms. The summed E-state index contributed by atoms with van der Waals surface area (Å²) in [4.78, 5) is 10.7. The van der Waals surface area contributed by atoms with Crippen LogP contribution in [-0.4, -0.2) is 11.9 Å². The van der Waals surface area contributed by atoms with Crippen molar-refractivity contribution in [1.82, 2.24) is 5.09 Å². The maximum atomic E-state index is 10.7. The Morgan fingerprint density at radius 1 is 1.43 bits per heavy atom. The van der Waals surface area contributed by atoms with Crippen molar-refractivity contribution in [1.29, 1.82) is 0 Å². The smallest absolute Gasteiger partial charge is 0.219 e. The number of nitrogens with two attached hydrogens (primary N) is 1. The molecule has 14 heavy (non-hydrogen) atoms. The molecule has 0 fully saturated rings. The molecule has 1 amide bonds. The van der Waals surface area contributed by atoms with Crippen LogP contribution in [0.1, 0.15) is 12.0 Å². The monoisotopic (exact) mass is 210 g/mol. The number of nitrogens with one attached hydrogen (secondary N) is 1. The number of carbonyl (C=O) groups is 1. The van der Waals surface area contributed by atoms with Gasteiger partial charge in [0.1, 0.15) is 0 Å². The van der Waals surface area contributed by atoms with Gasteiger partial charge in [-0.2, -0.15) is 0 Å². The Hall–Kier alpha value is -0.920. The average Bonchev–Trinajstić information content (AvgIpc) is 2.17. The Balaban J connectivity index is 2.53. The SMILES string of the molecule is NC(=O)CC(Cc1ccccc1)NP. The molecule has 3 N–H and O–H groups in total. The van der Waals surface area contributed by atoms with Gasteiger partial charge in [0.05, 0.1) is 0 Å². The first-order valence-corrected chi connectivity index (χ1v) is 5.08. The van der Waals surface area contributed by atoms with Gasteiger partial charge in [-0.1, -0.05) is 39.7 Å². The molecule has 0 aliphatic heterocycles. The fourth-order valence-electron chi connectivity index (χ4n) is 1.33. The van der Waals surface area contributed by atoms with Crippen molar-refractivity contribution in [2.45, 2.75) is 18.9 Å². The van der Waals surface area contributed by atoms with E-state index in [9.17, 15) is 4.79 Å². The second kappa shape index (κ2) is 5.74. The second-order valence-electron chi connectivity index (χ2n) is 3.22. The number of amides is 1. The van der Waals surface area contributed by atoms with Crippen LogP contribution in [-0.2, 0) is 11.2 Å². The van der Waals surface area contributed by atoms with Crippen LogP contribution in [0.15, 0.2) is 30.3 Å². The third-order valence-corrected chi connectivity index (χ3v) is 2.48. The lowest BCUT2D eigenvalue weighted by Crippen LogP contribution is -2.29. The van der Waals surface area contributed by atoms with Crippen LogP contribution < -0.4 is 10.8 Å². The van der Waals surface area contributed by atoms with E-state index in [2.05, 4.69) is 14.5 Å². The zero-order valence-electron chi connectivity index (χ0n) is 7.94. The fourth-order valence-corrected chi connectivity index (χ4v) is 1.57. The quantitative estimate of drug-likeness (QED) is 0.708. The van der Waals surface area contributed by atoms with Crippen LogP contribution in [0.5, 0.6) is 0 Å². The van der Waals surface area contributed by atoms with Crippen LogP contribution in [0.3, 0.4) is 0 Å². The maximum Gasteiger partial charge on any atom is 0.219 e. The molecule has 0 heterocycles. The molecule has 2 atom stereocenters. The van der Waals surface area contributed by atoms with Gasteiger partial charge < -0.3 is 5.73 Å². The van der Waals surface area contributed by atoms with Crippen molar-refractivity contribution >= 4 is 15.3 Å². The van der Waals surface area contributed by atoms with Crippen molar-refractivity contribution in [3.8, 4) is 0 Å². The molecule has 3 nitrogen and oxygen atoms in total. The van der Waals surface area contributed by atoms with E-state index >= 15 is 0 Å². The lowest BCUT2D eigenvalue weighted by molar-refractivity contribution is -0.118. The fraction of sp³-hybridized carbons (Fsp3) is 0.300. The van der Waals surface area contributed by atoms with Gasteiger partial charge in [-0.05, 0) is 12.0 Å². The summed E-state index contributed by atoms with van der Waals surface area (Å²) in [5.41, 5.74) is 6.34. The van der Waals surface area contributed by atoms with Gasteiger partial charge in [-0.25, -0.2) is 0 Å². The molecular weight excluding hydrogens is 195 g/mol. The Bertz CT molecular complexity index is 289. The number of rotatable bonds is 5. The van der Waals surface area contributed by atoms with E-state index < -0.39 is 0 Å². The molecule has 0 bridgehead atoms. The Morgan fingerprint density at radius 2 is 2.07 bits per heavy atom. The molecule has 76 valence electrons. The molecule has 0 saturated carbocycles. The average molecular weight is 210 g/mol. The minimum absolute atomic E-state index is 0.0971. The molecule has 0 aliphatic carbocycles. The number of primary amides is 1. The predicted molar refractivity (Wildman–Crippen MR) is 60.6 cm³/mol. The largest absolute Gasteiger partial charge is 0.370 e. The van der Waals surface area contributed by atoms with Crippen molar-refractivity contribution < 1.29 is 4.79 Å². The summed E-state index contributed by atoms with van der Waals surface area (Å²) in [5.74, 6) is -0.277. The highest BCUT2D eigenvalue weighted by atomic mass is 31.0. The zero-order chi connectivity index (χ0) is 10.4. The van der Waals surface area contributed by atoms with Crippen LogP contribution in [0, 0.1) is 0 Å². The van der Waals surface area contributed by atoms with Gasteiger partial charge in [0.2, 0.25) is 5.91 Å². The van der Waals surface area contributed by atoms with Gasteiger partial charge in [-0.15, -0.1) is 0 Å². The zero-order valence-corrected chi connectivity index (χ0v) is 9.10. The number of hydrogen-bond donors (Lipinski definition) is 2. The van der Waals surface area contributed by atoms with Crippen molar-refractivity contribution in [2.24, 2.45) is 5.73 Å². The van der Waals surface area contributed by atoms with Gasteiger partial charge in [-0.3, -0.25) is 9.88 Å². The summed E-state index contributed by atoms with van der Waals surface area (Å²) in [6.45, 7) is 0. The maximum absolute atomic E-state index is 10.7. The Labute approximate surface area is 86.3 Å². The summed E-state index contributed by atoms with van der Waals surface area (Å²) in [6.07, 6.45) is 1.17. The van der Waals surface area contributed by atoms with E-state index in [0.29, 0.717) is 6.42 Å². The number of hydrogen-bond acceptors (Lipinski definition) is 2. The topological polar surface area (TPSA) is 55.1 Å². The molecule has 0 radical (unpaired) electrons. The first-order valence-electron chi connectivity index (χ1n) is 4.50. The molecule has 1 aromatic carbocycles. The summed E-state index contributed by atoms with van der Waals surface area (Å²) in [7, 11) is 2.42. The highest BCUT2D eigenvalue weighted by Gasteiger charge is 2.09. The third kappa shape index (κ3) is 3.86. The van der Waals surface area contributed by atoms with Crippen molar-refractivity contribution in [2.75, 3.05) is 0 Å². The number of benzene rings is 1. The lowest BCUT2D eigenvalue weighted by atomic mass is 10.0. The minimum atomic E-state index is -0.277. The van der Waals surface area contributed by atoms with Gasteiger partial charge >= 0.3 is 0 Å². The normalized spacial score (nSPS) is 12.4. The van der Waals surface area contributed by atoms with E-state index in [-0.39, 0.29) is 11.9 Å². The number of carbonyl (C=O) groups excluding carboxylic acids is 1. The molecule has 1 rings (SSSR count). The second-order valence-corrected chi connectivity index (χ2v) is 3.56. The van der Waals surface area contributed by atoms with Crippen molar-refractivity contribution in [3.63, 3.8) is 0 Å². The molecule has 0 aliphatic rings. The standard InChI is InChI=1S/C10H15N2OP/c11-10(13)7-9(12-14)6-8-4-2-1-3-5-8/h1-5,9,12H,6-7,14H2,(H2,11,13). The van der Waals surface area contributed by atoms with Gasteiger partial charge in [0.15, 0.2) is 0 Å². The van der Waals surface area contributed by atoms with Gasteiger partial charge in [0, 0.05) is 12.5 Å². The van der Waals surface area contributed by atoms with Crippen LogP contribution in [0.25, 0.3) is 0 Å². The van der Waals surface area contributed by atoms with Gasteiger partial charge in [0.25, 0.3) is 0 Å². The molecule has 0 spiro atoms. The highest BCUT2D eigenvalue weighted by Crippen LogP contribution is 2.06. The summed E-state index contributed by atoms with van der Waals surface area (Å²) in [5, 5.41) is 3.00. The summed E-state index contributed by atoms with van der Waals surface area (Å²) < 4.78 is 0. The van der Waals surface area contributed by atoms with Crippen LogP contribution >= 0.6 is 9.39 Å². The van der Waals surface area contributed by atoms with E-state index in [1.54, 1.807) is 0 Å². The van der Waals surface area contributed by atoms with Crippen LogP contribution in [0.4, 0.5) is 0 Å². The molecule has 0 saturated heterocycles. The molecule has 0 aromatic heterocycles. The molecule has 1 aromatic rings. The Kier molecular flexibility index (Phi) is 4.57. The Morgan fingerprint density at radius 3 is 2.57 bits per heavy atom. The summed E-state index contributed by atoms with van der Waals surface area (Å²) >= 11 is 0. The van der Waals surface area contributed by atoms with Crippen LogP contribution in [0.2, 0.25) is 0 Å². The van der Waals surface area contributed by atoms with E-state index in [1.807, 2.05) is 30.3 Å². The first-order chi connectivity index (χ1) is 6.72. The predicted octanol–water partition coefficient (Wildman–Crippen LogP) is 0.853. The minimum Gasteiger partial charge on any atom is -0.370 e.